The van der Waals surface area contributed by atoms with Gasteiger partial charge in [-0.1, -0.05) is 6.07 Å². The molecule has 1 aromatic heterocycles. The topological polar surface area (TPSA) is 136 Å². The van der Waals surface area contributed by atoms with Crippen LogP contribution < -0.4 is 0 Å². The standard InChI is InChI=1S/C20H23N5O6S/c1-12-16(13(2)24(21-12)14-7-8-32(30,31)10-14)9-22(3)11-23-19(26)15-5-4-6-17(25(28)29)18(15)20(23)27/h4-6,14H,7-11H2,1-3H3/t14-/m1/s1. The molecule has 1 saturated heterocycles. The van der Waals surface area contributed by atoms with Gasteiger partial charge in [0.05, 0.1) is 40.4 Å². The highest BCUT2D eigenvalue weighted by atomic mass is 32.2. The molecule has 2 amide bonds. The van der Waals surface area contributed by atoms with E-state index in [1.807, 2.05) is 13.8 Å². The van der Waals surface area contributed by atoms with E-state index in [9.17, 15) is 28.1 Å². The fraction of sp³-hybridized carbons (Fsp3) is 0.450. The molecule has 0 spiro atoms. The third-order valence-corrected chi connectivity index (χ3v) is 7.76. The van der Waals surface area contributed by atoms with Crippen molar-refractivity contribution in [3.05, 3.63) is 56.4 Å². The van der Waals surface area contributed by atoms with Crippen LogP contribution in [0.3, 0.4) is 0 Å². The van der Waals surface area contributed by atoms with Crippen molar-refractivity contribution in [1.29, 1.82) is 0 Å². The number of aromatic nitrogens is 2. The van der Waals surface area contributed by atoms with Crippen LogP contribution in [-0.4, -0.2) is 70.0 Å². The number of sulfone groups is 1. The van der Waals surface area contributed by atoms with Crippen LogP contribution in [0.2, 0.25) is 0 Å². The molecule has 4 rings (SSSR count). The van der Waals surface area contributed by atoms with Crippen molar-refractivity contribution in [2.45, 2.75) is 32.9 Å². The monoisotopic (exact) mass is 461 g/mol. The maximum atomic E-state index is 12.8. The smallest absolute Gasteiger partial charge is 0.282 e. The molecule has 0 N–H and O–H groups in total. The second kappa shape index (κ2) is 7.78. The summed E-state index contributed by atoms with van der Waals surface area (Å²) in [5.74, 6) is -1.04. The van der Waals surface area contributed by atoms with Gasteiger partial charge in [-0.05, 0) is 33.4 Å². The summed E-state index contributed by atoms with van der Waals surface area (Å²) in [7, 11) is -1.32. The molecule has 2 aliphatic rings. The van der Waals surface area contributed by atoms with Crippen LogP contribution in [0.25, 0.3) is 0 Å². The predicted molar refractivity (Wildman–Crippen MR) is 114 cm³/mol. The maximum Gasteiger partial charge on any atom is 0.282 e. The van der Waals surface area contributed by atoms with Crippen molar-refractivity contribution < 1.29 is 22.9 Å². The molecule has 11 nitrogen and oxygen atoms in total. The molecular formula is C20H23N5O6S. The molecule has 2 aliphatic heterocycles. The van der Waals surface area contributed by atoms with Gasteiger partial charge in [0.25, 0.3) is 17.5 Å². The third kappa shape index (κ3) is 3.69. The van der Waals surface area contributed by atoms with Crippen molar-refractivity contribution in [2.75, 3.05) is 25.2 Å². The Morgan fingerprint density at radius 3 is 2.59 bits per heavy atom. The highest BCUT2D eigenvalue weighted by Gasteiger charge is 2.41. The quantitative estimate of drug-likeness (QED) is 0.358. The lowest BCUT2D eigenvalue weighted by Gasteiger charge is -2.23. The Morgan fingerprint density at radius 1 is 1.25 bits per heavy atom. The molecule has 170 valence electrons. The lowest BCUT2D eigenvalue weighted by atomic mass is 10.1. The molecule has 0 radical (unpaired) electrons. The van der Waals surface area contributed by atoms with Crippen LogP contribution in [0, 0.1) is 24.0 Å². The predicted octanol–water partition coefficient (Wildman–Crippen LogP) is 1.45. The molecular weight excluding hydrogens is 438 g/mol. The molecule has 2 aromatic rings. The summed E-state index contributed by atoms with van der Waals surface area (Å²) in [6.45, 7) is 4.03. The highest BCUT2D eigenvalue weighted by molar-refractivity contribution is 7.91. The van der Waals surface area contributed by atoms with Crippen molar-refractivity contribution >= 4 is 27.3 Å². The molecule has 1 atom stereocenters. The van der Waals surface area contributed by atoms with Gasteiger partial charge in [0.15, 0.2) is 9.84 Å². The number of imide groups is 1. The molecule has 1 aromatic carbocycles. The van der Waals surface area contributed by atoms with Crippen LogP contribution in [0.1, 0.15) is 50.1 Å². The number of aryl methyl sites for hydroxylation is 1. The Kier molecular flexibility index (Phi) is 5.37. The van der Waals surface area contributed by atoms with Gasteiger partial charge in [-0.25, -0.2) is 8.42 Å². The lowest BCUT2D eigenvalue weighted by molar-refractivity contribution is -0.385. The molecule has 1 fully saturated rings. The van der Waals surface area contributed by atoms with Crippen LogP contribution in [0.4, 0.5) is 5.69 Å². The summed E-state index contributed by atoms with van der Waals surface area (Å²) in [6, 6.07) is 3.81. The minimum atomic E-state index is -3.05. The molecule has 3 heterocycles. The summed E-state index contributed by atoms with van der Waals surface area (Å²) in [4.78, 5) is 38.9. The molecule has 0 bridgehead atoms. The first kappa shape index (κ1) is 22.1. The molecule has 0 aliphatic carbocycles. The second-order valence-corrected chi connectivity index (χ2v) is 10.5. The largest absolute Gasteiger partial charge is 0.284 e. The van der Waals surface area contributed by atoms with E-state index >= 15 is 0 Å². The Balaban J connectivity index is 1.52. The van der Waals surface area contributed by atoms with Crippen LogP contribution in [0.5, 0.6) is 0 Å². The number of carbonyl (C=O) groups excluding carboxylic acids is 2. The number of fused-ring (bicyclic) bond motifs is 1. The number of nitrogens with zero attached hydrogens (tertiary/aromatic N) is 5. The highest BCUT2D eigenvalue weighted by Crippen LogP contribution is 2.31. The zero-order chi connectivity index (χ0) is 23.4. The minimum Gasteiger partial charge on any atom is -0.284 e. The molecule has 12 heteroatoms. The normalized spacial score (nSPS) is 19.8. The summed E-state index contributed by atoms with van der Waals surface area (Å²) >= 11 is 0. The van der Waals surface area contributed by atoms with Crippen LogP contribution >= 0.6 is 0 Å². The van der Waals surface area contributed by atoms with Gasteiger partial charge in [-0.3, -0.25) is 34.2 Å². The number of rotatable bonds is 6. The summed E-state index contributed by atoms with van der Waals surface area (Å²) in [6.07, 6.45) is 0.521. The van der Waals surface area contributed by atoms with E-state index in [-0.39, 0.29) is 41.0 Å². The zero-order valence-corrected chi connectivity index (χ0v) is 18.8. The number of amides is 2. The van der Waals surface area contributed by atoms with E-state index in [0.717, 1.165) is 21.9 Å². The van der Waals surface area contributed by atoms with E-state index in [4.69, 9.17) is 0 Å². The summed E-state index contributed by atoms with van der Waals surface area (Å²) < 4.78 is 25.5. The van der Waals surface area contributed by atoms with E-state index in [2.05, 4.69) is 5.10 Å². The van der Waals surface area contributed by atoms with Gasteiger partial charge < -0.3 is 0 Å². The average molecular weight is 462 g/mol. The number of hydrogen-bond acceptors (Lipinski definition) is 8. The fourth-order valence-electron chi connectivity index (χ4n) is 4.41. The van der Waals surface area contributed by atoms with Gasteiger partial charge >= 0.3 is 0 Å². The number of benzene rings is 1. The number of hydrogen-bond donors (Lipinski definition) is 0. The fourth-order valence-corrected chi connectivity index (χ4v) is 6.10. The molecule has 32 heavy (non-hydrogen) atoms. The third-order valence-electron chi connectivity index (χ3n) is 6.01. The Hall–Kier alpha value is -3.12. The van der Waals surface area contributed by atoms with E-state index in [0.29, 0.717) is 13.0 Å². The minimum absolute atomic E-state index is 0.0280. The van der Waals surface area contributed by atoms with Crippen LogP contribution in [0.15, 0.2) is 18.2 Å². The first-order chi connectivity index (χ1) is 15.0. The van der Waals surface area contributed by atoms with Crippen LogP contribution in [-0.2, 0) is 16.4 Å². The number of nitro groups is 1. The van der Waals surface area contributed by atoms with Crippen molar-refractivity contribution in [2.24, 2.45) is 0 Å². The van der Waals surface area contributed by atoms with Crippen molar-refractivity contribution in [3.8, 4) is 0 Å². The Bertz CT molecular complexity index is 1250. The van der Waals surface area contributed by atoms with Gasteiger partial charge in [0.1, 0.15) is 5.56 Å². The lowest BCUT2D eigenvalue weighted by Crippen LogP contribution is -2.39. The number of carbonyl (C=O) groups is 2. The van der Waals surface area contributed by atoms with E-state index in [1.165, 1.54) is 18.2 Å². The van der Waals surface area contributed by atoms with Crippen molar-refractivity contribution in [1.82, 2.24) is 19.6 Å². The van der Waals surface area contributed by atoms with Gasteiger partial charge in [0.2, 0.25) is 0 Å². The Morgan fingerprint density at radius 2 is 1.97 bits per heavy atom. The summed E-state index contributed by atoms with van der Waals surface area (Å²) in [5, 5.41) is 15.8. The average Bonchev–Trinajstić information content (AvgIpc) is 3.31. The Labute approximate surface area is 184 Å². The van der Waals surface area contributed by atoms with Gasteiger partial charge in [-0.15, -0.1) is 0 Å². The summed E-state index contributed by atoms with van der Waals surface area (Å²) in [5.41, 5.74) is 1.94. The van der Waals surface area contributed by atoms with Gasteiger partial charge in [0, 0.05) is 23.9 Å². The SMILES string of the molecule is Cc1nn([C@@H]2CCS(=O)(=O)C2)c(C)c1CN(C)CN1C(=O)c2cccc([N+](=O)[O-])c2C1=O. The van der Waals surface area contributed by atoms with Gasteiger partial charge in [-0.2, -0.15) is 5.10 Å². The number of nitro benzene ring substituents is 1. The van der Waals surface area contributed by atoms with E-state index < -0.39 is 26.6 Å². The first-order valence-corrected chi connectivity index (χ1v) is 11.9. The second-order valence-electron chi connectivity index (χ2n) is 8.30. The zero-order valence-electron chi connectivity index (χ0n) is 17.9. The van der Waals surface area contributed by atoms with Crippen molar-refractivity contribution in [3.63, 3.8) is 0 Å². The van der Waals surface area contributed by atoms with E-state index in [1.54, 1.807) is 16.6 Å². The molecule has 0 saturated carbocycles. The maximum absolute atomic E-state index is 12.8. The first-order valence-electron chi connectivity index (χ1n) is 10.1. The molecule has 0 unspecified atom stereocenters.